The van der Waals surface area contributed by atoms with E-state index in [1.807, 2.05) is 32.9 Å². The Hall–Kier alpha value is -2.09. The molecular formula is C20H26ClN3O3S. The van der Waals surface area contributed by atoms with E-state index in [0.717, 1.165) is 17.7 Å². The quantitative estimate of drug-likeness (QED) is 0.792. The molecule has 8 heteroatoms. The number of nitrogens with zero attached hydrogens (tertiary/aromatic N) is 1. The highest BCUT2D eigenvalue weighted by atomic mass is 35.5. The van der Waals surface area contributed by atoms with E-state index in [-0.39, 0.29) is 29.3 Å². The summed E-state index contributed by atoms with van der Waals surface area (Å²) >= 11 is 0. The minimum Gasteiger partial charge on any atom is -0.336 e. The number of anilines is 1. The van der Waals surface area contributed by atoms with Crippen LogP contribution >= 0.6 is 12.4 Å². The zero-order chi connectivity index (χ0) is 19.6. The Morgan fingerprint density at radius 2 is 1.82 bits per heavy atom. The molecule has 2 N–H and O–H groups in total. The first kappa shape index (κ1) is 22.2. The third kappa shape index (κ3) is 4.84. The number of hydrogen-bond acceptors (Lipinski definition) is 4. The Labute approximate surface area is 172 Å². The van der Waals surface area contributed by atoms with Gasteiger partial charge in [-0.15, -0.1) is 12.4 Å². The molecule has 3 rings (SSSR count). The largest absolute Gasteiger partial charge is 0.336 e. The molecule has 0 aliphatic carbocycles. The molecule has 1 fully saturated rings. The summed E-state index contributed by atoms with van der Waals surface area (Å²) in [5, 5.41) is 3.30. The first-order valence-corrected chi connectivity index (χ1v) is 10.5. The second-order valence-corrected chi connectivity index (χ2v) is 8.67. The fourth-order valence-corrected chi connectivity index (χ4v) is 4.26. The van der Waals surface area contributed by atoms with Gasteiger partial charge in [0.25, 0.3) is 15.9 Å². The molecule has 0 spiro atoms. The fraction of sp³-hybridized carbons (Fsp3) is 0.350. The van der Waals surface area contributed by atoms with E-state index < -0.39 is 10.0 Å². The molecule has 0 radical (unpaired) electrons. The van der Waals surface area contributed by atoms with E-state index >= 15 is 0 Å². The lowest BCUT2D eigenvalue weighted by Gasteiger charge is -2.32. The number of rotatable bonds is 4. The number of amides is 1. The SMILES string of the molecule is Cc1cccc(NS(=O)(=O)c2ccc(C(=O)N3CCNC(C)C3)cc2)c1C.Cl. The highest BCUT2D eigenvalue weighted by Crippen LogP contribution is 2.22. The zero-order valence-corrected chi connectivity index (χ0v) is 17.9. The van der Waals surface area contributed by atoms with Gasteiger partial charge in [-0.25, -0.2) is 8.42 Å². The number of piperazine rings is 1. The van der Waals surface area contributed by atoms with E-state index in [9.17, 15) is 13.2 Å². The molecule has 0 bridgehead atoms. The van der Waals surface area contributed by atoms with Crippen LogP contribution in [0.1, 0.15) is 28.4 Å². The molecule has 2 aromatic carbocycles. The van der Waals surface area contributed by atoms with Gasteiger partial charge in [-0.05, 0) is 62.2 Å². The maximum Gasteiger partial charge on any atom is 0.261 e. The van der Waals surface area contributed by atoms with Crippen LogP contribution in [0.4, 0.5) is 5.69 Å². The van der Waals surface area contributed by atoms with Crippen LogP contribution in [0.5, 0.6) is 0 Å². The van der Waals surface area contributed by atoms with Crippen molar-refractivity contribution in [2.45, 2.75) is 31.7 Å². The Balaban J connectivity index is 0.00000280. The molecule has 0 saturated carbocycles. The number of aryl methyl sites for hydroxylation is 1. The van der Waals surface area contributed by atoms with Gasteiger partial charge in [-0.3, -0.25) is 9.52 Å². The van der Waals surface area contributed by atoms with Crippen molar-refractivity contribution in [3.8, 4) is 0 Å². The lowest BCUT2D eigenvalue weighted by Crippen LogP contribution is -2.51. The van der Waals surface area contributed by atoms with Crippen molar-refractivity contribution in [1.29, 1.82) is 0 Å². The van der Waals surface area contributed by atoms with Crippen LogP contribution in [-0.2, 0) is 10.0 Å². The molecule has 1 heterocycles. The molecule has 1 saturated heterocycles. The molecule has 1 aliphatic rings. The summed E-state index contributed by atoms with van der Waals surface area (Å²) in [5.41, 5.74) is 2.96. The van der Waals surface area contributed by atoms with Crippen LogP contribution in [0.3, 0.4) is 0 Å². The topological polar surface area (TPSA) is 78.5 Å². The monoisotopic (exact) mass is 423 g/mol. The summed E-state index contributed by atoms with van der Waals surface area (Å²) in [6, 6.07) is 11.9. The normalized spacial score (nSPS) is 17.0. The van der Waals surface area contributed by atoms with Crippen molar-refractivity contribution in [3.05, 3.63) is 59.2 Å². The summed E-state index contributed by atoms with van der Waals surface area (Å²) < 4.78 is 28.0. The Bertz CT molecular complexity index is 946. The van der Waals surface area contributed by atoms with Crippen LogP contribution in [0.25, 0.3) is 0 Å². The highest BCUT2D eigenvalue weighted by molar-refractivity contribution is 7.92. The summed E-state index contributed by atoms with van der Waals surface area (Å²) in [6.07, 6.45) is 0. The number of nitrogens with one attached hydrogen (secondary N) is 2. The van der Waals surface area contributed by atoms with Crippen molar-refractivity contribution in [3.63, 3.8) is 0 Å². The first-order valence-electron chi connectivity index (χ1n) is 8.99. The van der Waals surface area contributed by atoms with Gasteiger partial charge in [-0.1, -0.05) is 12.1 Å². The lowest BCUT2D eigenvalue weighted by molar-refractivity contribution is 0.0709. The third-order valence-electron chi connectivity index (χ3n) is 4.92. The van der Waals surface area contributed by atoms with Crippen LogP contribution in [-0.4, -0.2) is 44.9 Å². The van der Waals surface area contributed by atoms with Crippen molar-refractivity contribution in [2.24, 2.45) is 0 Å². The van der Waals surface area contributed by atoms with E-state index in [0.29, 0.717) is 24.3 Å². The summed E-state index contributed by atoms with van der Waals surface area (Å²) in [4.78, 5) is 14.5. The average Bonchev–Trinajstić information content (AvgIpc) is 2.65. The highest BCUT2D eigenvalue weighted by Gasteiger charge is 2.22. The number of carbonyl (C=O) groups excluding carboxylic acids is 1. The van der Waals surface area contributed by atoms with Crippen molar-refractivity contribution < 1.29 is 13.2 Å². The van der Waals surface area contributed by atoms with Gasteiger partial charge < -0.3 is 10.2 Å². The molecule has 0 aromatic heterocycles. The van der Waals surface area contributed by atoms with E-state index in [1.54, 1.807) is 23.1 Å². The number of halogens is 1. The first-order chi connectivity index (χ1) is 12.8. The minimum absolute atomic E-state index is 0. The summed E-state index contributed by atoms with van der Waals surface area (Å²) in [5.74, 6) is -0.0743. The lowest BCUT2D eigenvalue weighted by atomic mass is 10.1. The molecule has 1 amide bonds. The Kier molecular flexibility index (Phi) is 7.09. The molecule has 2 aromatic rings. The van der Waals surface area contributed by atoms with Gasteiger partial charge in [0.2, 0.25) is 0 Å². The smallest absolute Gasteiger partial charge is 0.261 e. The number of benzene rings is 2. The maximum atomic E-state index is 12.7. The minimum atomic E-state index is -3.71. The van der Waals surface area contributed by atoms with Crippen molar-refractivity contribution in [1.82, 2.24) is 10.2 Å². The standard InChI is InChI=1S/C20H25N3O3S.ClH/c1-14-5-4-6-19(16(14)3)22-27(25,26)18-9-7-17(8-10-18)20(24)23-12-11-21-15(2)13-23;/h4-10,15,21-22H,11-13H2,1-3H3;1H. The van der Waals surface area contributed by atoms with Gasteiger partial charge in [0, 0.05) is 31.2 Å². The Morgan fingerprint density at radius 3 is 2.46 bits per heavy atom. The predicted molar refractivity (Wildman–Crippen MR) is 114 cm³/mol. The van der Waals surface area contributed by atoms with E-state index in [2.05, 4.69) is 10.0 Å². The summed E-state index contributed by atoms with van der Waals surface area (Å²) in [6.45, 7) is 7.91. The van der Waals surface area contributed by atoms with Crippen LogP contribution in [0.15, 0.2) is 47.4 Å². The van der Waals surface area contributed by atoms with E-state index in [1.165, 1.54) is 12.1 Å². The van der Waals surface area contributed by atoms with Crippen molar-refractivity contribution in [2.75, 3.05) is 24.4 Å². The molecule has 1 unspecified atom stereocenters. The van der Waals surface area contributed by atoms with Gasteiger partial charge >= 0.3 is 0 Å². The van der Waals surface area contributed by atoms with Gasteiger partial charge in [0.1, 0.15) is 0 Å². The molecule has 1 aliphatic heterocycles. The second-order valence-electron chi connectivity index (χ2n) is 6.98. The van der Waals surface area contributed by atoms with Gasteiger partial charge in [0.05, 0.1) is 10.6 Å². The van der Waals surface area contributed by atoms with Crippen LogP contribution in [0.2, 0.25) is 0 Å². The third-order valence-corrected chi connectivity index (χ3v) is 6.30. The number of sulfonamides is 1. The van der Waals surface area contributed by atoms with Crippen LogP contribution in [0, 0.1) is 13.8 Å². The second kappa shape index (κ2) is 8.94. The van der Waals surface area contributed by atoms with Gasteiger partial charge in [-0.2, -0.15) is 0 Å². The Morgan fingerprint density at radius 1 is 1.14 bits per heavy atom. The molecule has 6 nitrogen and oxygen atoms in total. The molecule has 28 heavy (non-hydrogen) atoms. The van der Waals surface area contributed by atoms with Gasteiger partial charge in [0.15, 0.2) is 0 Å². The van der Waals surface area contributed by atoms with Crippen LogP contribution < -0.4 is 10.0 Å². The zero-order valence-electron chi connectivity index (χ0n) is 16.2. The molecule has 1 atom stereocenters. The number of hydrogen-bond donors (Lipinski definition) is 2. The maximum absolute atomic E-state index is 12.7. The number of carbonyl (C=O) groups is 1. The predicted octanol–water partition coefficient (Wildman–Crippen LogP) is 2.96. The summed E-state index contributed by atoms with van der Waals surface area (Å²) in [7, 11) is -3.71. The average molecular weight is 424 g/mol. The van der Waals surface area contributed by atoms with E-state index in [4.69, 9.17) is 0 Å². The molecule has 152 valence electrons. The fourth-order valence-electron chi connectivity index (χ4n) is 3.14. The van der Waals surface area contributed by atoms with Crippen molar-refractivity contribution >= 4 is 34.0 Å². The molecular weight excluding hydrogens is 398 g/mol.